The van der Waals surface area contributed by atoms with Gasteiger partial charge in [-0.2, -0.15) is 0 Å². The van der Waals surface area contributed by atoms with Crippen LogP contribution in [0.1, 0.15) is 22.3 Å². The first-order chi connectivity index (χ1) is 32.3. The smallest absolute Gasteiger partial charge is 0.247 e. The van der Waals surface area contributed by atoms with Crippen LogP contribution in [0.3, 0.4) is 0 Å². The molecule has 2 nitrogen and oxygen atoms in total. The van der Waals surface area contributed by atoms with E-state index in [2.05, 4.69) is 252 Å². The molecule has 65 heavy (non-hydrogen) atoms. The maximum Gasteiger partial charge on any atom is 0.247 e. The highest BCUT2D eigenvalue weighted by Gasteiger charge is 2.55. The zero-order valence-electron chi connectivity index (χ0n) is 35.6. The Kier molecular flexibility index (Phi) is 7.82. The van der Waals surface area contributed by atoms with Crippen LogP contribution in [-0.4, -0.2) is 18.0 Å². The molecule has 0 saturated heterocycles. The molecule has 0 N–H and O–H groups in total. The van der Waals surface area contributed by atoms with Crippen LogP contribution >= 0.6 is 0 Å². The van der Waals surface area contributed by atoms with Gasteiger partial charge >= 0.3 is 0 Å². The molecule has 0 unspecified atom stereocenters. The van der Waals surface area contributed by atoms with Gasteiger partial charge in [0.1, 0.15) is 0 Å². The van der Waals surface area contributed by atoms with Crippen molar-refractivity contribution >= 4 is 85.1 Å². The Hall–Kier alpha value is -8.07. The van der Waals surface area contributed by atoms with E-state index in [1.165, 1.54) is 111 Å². The highest BCUT2D eigenvalue weighted by Crippen LogP contribution is 2.49. The van der Waals surface area contributed by atoms with Gasteiger partial charge in [-0.3, -0.25) is 0 Å². The molecule has 11 aromatic rings. The van der Waals surface area contributed by atoms with E-state index in [0.29, 0.717) is 0 Å². The lowest BCUT2D eigenvalue weighted by atomic mass is 9.25. The lowest BCUT2D eigenvalue weighted by molar-refractivity contribution is 0.757. The van der Waals surface area contributed by atoms with Crippen LogP contribution < -0.4 is 37.7 Å². The zero-order valence-corrected chi connectivity index (χ0v) is 35.6. The number of rotatable bonds is 4. The second kappa shape index (κ2) is 14.0. The molecule has 1 aromatic heterocycles. The Bertz CT molecular complexity index is 3640. The summed E-state index contributed by atoms with van der Waals surface area (Å²) in [6, 6.07) is 90.9. The average Bonchev–Trinajstić information content (AvgIpc) is 3.71. The summed E-state index contributed by atoms with van der Waals surface area (Å²) in [5, 5.41) is 2.53. The van der Waals surface area contributed by atoms with Crippen molar-refractivity contribution in [1.29, 1.82) is 0 Å². The molecule has 0 radical (unpaired) electrons. The molecule has 1 spiro atoms. The second-order valence-electron chi connectivity index (χ2n) is 17.9. The number of fused-ring (bicyclic) bond motifs is 13. The summed E-state index contributed by atoms with van der Waals surface area (Å²) in [6.07, 6.45) is 0. The first-order valence-electron chi connectivity index (χ1n) is 22.8. The molecule has 0 amide bonds. The van der Waals surface area contributed by atoms with Gasteiger partial charge in [0.2, 0.25) is 13.4 Å². The summed E-state index contributed by atoms with van der Waals surface area (Å²) in [5.74, 6) is 0. The fraction of sp³-hybridized carbons (Fsp3) is 0.0164. The van der Waals surface area contributed by atoms with Gasteiger partial charge in [-0.15, -0.1) is 0 Å². The van der Waals surface area contributed by atoms with Crippen molar-refractivity contribution in [2.24, 2.45) is 0 Å². The van der Waals surface area contributed by atoms with E-state index in [4.69, 9.17) is 0 Å². The third-order valence-corrected chi connectivity index (χ3v) is 14.8. The monoisotopic (exact) mass is 822 g/mol. The van der Waals surface area contributed by atoms with Crippen LogP contribution in [-0.2, 0) is 5.41 Å². The van der Waals surface area contributed by atoms with E-state index in [0.717, 1.165) is 0 Å². The molecular weight excluding hydrogens is 782 g/mol. The minimum Gasteiger partial charge on any atom is -0.312 e. The number of nitrogens with zero attached hydrogens (tertiary/aromatic N) is 2. The largest absolute Gasteiger partial charge is 0.312 e. The molecule has 0 atom stereocenters. The Morgan fingerprint density at radius 2 is 0.831 bits per heavy atom. The second-order valence-corrected chi connectivity index (χ2v) is 17.9. The number of para-hydroxylation sites is 4. The minimum absolute atomic E-state index is 0.0520. The fourth-order valence-corrected chi connectivity index (χ4v) is 12.3. The molecule has 0 saturated carbocycles. The van der Waals surface area contributed by atoms with Crippen molar-refractivity contribution in [3.05, 3.63) is 265 Å². The van der Waals surface area contributed by atoms with Gasteiger partial charge in [0.15, 0.2) is 0 Å². The molecular formula is C61H40B2N2. The van der Waals surface area contributed by atoms with Crippen LogP contribution in [0.4, 0.5) is 17.1 Å². The maximum absolute atomic E-state index is 2.50. The van der Waals surface area contributed by atoms with E-state index in [1.54, 1.807) is 0 Å². The predicted octanol–water partition coefficient (Wildman–Crippen LogP) is 10.3. The maximum atomic E-state index is 2.50. The van der Waals surface area contributed by atoms with E-state index >= 15 is 0 Å². The molecule has 3 aliphatic heterocycles. The normalized spacial score (nSPS) is 13.9. The summed E-state index contributed by atoms with van der Waals surface area (Å²) in [4.78, 5) is 2.50. The van der Waals surface area contributed by atoms with Crippen molar-refractivity contribution in [3.8, 4) is 16.8 Å². The molecule has 0 aliphatic carbocycles. The van der Waals surface area contributed by atoms with Gasteiger partial charge in [-0.05, 0) is 92.8 Å². The number of anilines is 3. The SMILES string of the molecule is c1ccc(N2c3ccccc3B3c4ccccc4C4(c5ccccc5B(c5ccc(-c6ccc7c8ccccc8n(-c8ccccc8)c7c6)cc5)c5ccccc54)c4cccc2c43)cc1. The standard InChI is InChI=1S/C61H40B2N2/c1-3-18-44(19-4-1)64-56-31-15-7-22-46(56)47-39-36-42(40-59(47)64)41-34-37-43(38-35-41)62-52-27-11-8-23-48(52)61(49-24-9-12-28-53(49)62)50-25-10-13-29-54(50)63-55-30-14-16-32-57(55)65(45-20-5-2-6-21-45)58-33-17-26-51(61)60(58)63/h1-40H. The number of aromatic nitrogens is 1. The molecule has 300 valence electrons. The summed E-state index contributed by atoms with van der Waals surface area (Å²) in [6.45, 7) is 0.146. The number of benzene rings is 10. The van der Waals surface area contributed by atoms with Gasteiger partial charge in [-0.25, -0.2) is 0 Å². The van der Waals surface area contributed by atoms with Gasteiger partial charge < -0.3 is 9.47 Å². The van der Waals surface area contributed by atoms with Gasteiger partial charge in [0.05, 0.1) is 16.4 Å². The summed E-state index contributed by atoms with van der Waals surface area (Å²) in [7, 11) is 0. The molecule has 4 heterocycles. The topological polar surface area (TPSA) is 8.17 Å². The van der Waals surface area contributed by atoms with E-state index in [1.807, 2.05) is 0 Å². The lowest BCUT2D eigenvalue weighted by Gasteiger charge is -2.51. The number of hydrogen-bond acceptors (Lipinski definition) is 1. The van der Waals surface area contributed by atoms with Crippen LogP contribution in [0.2, 0.25) is 0 Å². The quantitative estimate of drug-likeness (QED) is 0.161. The Balaban J connectivity index is 0.956. The van der Waals surface area contributed by atoms with Gasteiger partial charge in [0, 0.05) is 33.5 Å². The highest BCUT2D eigenvalue weighted by atomic mass is 15.1. The van der Waals surface area contributed by atoms with Crippen molar-refractivity contribution < 1.29 is 0 Å². The van der Waals surface area contributed by atoms with Crippen LogP contribution in [0.5, 0.6) is 0 Å². The summed E-state index contributed by atoms with van der Waals surface area (Å²) < 4.78 is 2.40. The molecule has 3 aliphatic rings. The van der Waals surface area contributed by atoms with Crippen molar-refractivity contribution in [1.82, 2.24) is 4.57 Å². The van der Waals surface area contributed by atoms with Crippen molar-refractivity contribution in [2.75, 3.05) is 4.90 Å². The first-order valence-corrected chi connectivity index (χ1v) is 22.8. The third kappa shape index (κ3) is 5.02. The molecule has 0 bridgehead atoms. The summed E-state index contributed by atoms with van der Waals surface area (Å²) in [5.41, 5.74) is 22.7. The Morgan fingerprint density at radius 1 is 0.323 bits per heavy atom. The van der Waals surface area contributed by atoms with Crippen molar-refractivity contribution in [2.45, 2.75) is 5.41 Å². The van der Waals surface area contributed by atoms with E-state index in [-0.39, 0.29) is 13.4 Å². The van der Waals surface area contributed by atoms with Crippen LogP contribution in [0.15, 0.2) is 243 Å². The van der Waals surface area contributed by atoms with Crippen molar-refractivity contribution in [3.63, 3.8) is 0 Å². The minimum atomic E-state index is -0.538. The third-order valence-electron chi connectivity index (χ3n) is 14.8. The summed E-state index contributed by atoms with van der Waals surface area (Å²) >= 11 is 0. The predicted molar refractivity (Wildman–Crippen MR) is 275 cm³/mol. The molecule has 14 rings (SSSR count). The highest BCUT2D eigenvalue weighted by molar-refractivity contribution is 6.99. The first kappa shape index (κ1) is 36.4. The molecule has 10 aromatic carbocycles. The molecule has 0 fully saturated rings. The van der Waals surface area contributed by atoms with E-state index in [9.17, 15) is 0 Å². The van der Waals surface area contributed by atoms with Gasteiger partial charge in [-0.1, -0.05) is 216 Å². The zero-order chi connectivity index (χ0) is 42.6. The van der Waals surface area contributed by atoms with Gasteiger partial charge in [0.25, 0.3) is 0 Å². The van der Waals surface area contributed by atoms with E-state index < -0.39 is 5.41 Å². The molecule has 4 heteroatoms. The number of hydrogen-bond donors (Lipinski definition) is 0. The Labute approximate surface area is 379 Å². The average molecular weight is 823 g/mol. The Morgan fingerprint density at radius 3 is 1.52 bits per heavy atom. The fourth-order valence-electron chi connectivity index (χ4n) is 12.3. The van der Waals surface area contributed by atoms with Crippen LogP contribution in [0.25, 0.3) is 38.6 Å². The van der Waals surface area contributed by atoms with Crippen LogP contribution in [0, 0.1) is 0 Å². The lowest BCUT2D eigenvalue weighted by Crippen LogP contribution is -2.69.